The van der Waals surface area contributed by atoms with Gasteiger partial charge in [0.2, 0.25) is 11.8 Å². The zero-order valence-electron chi connectivity index (χ0n) is 93.3. The zero-order valence-corrected chi connectivity index (χ0v) is 93.3. The number of H-pyrrole nitrogens is 1. The number of nitrogens with one attached hydrogen (secondary N) is 2. The number of hydrogen-bond donors (Lipinski definition) is 7. The van der Waals surface area contributed by atoms with Crippen LogP contribution in [-0.4, -0.2) is 324 Å². The summed E-state index contributed by atoms with van der Waals surface area (Å²) in [5, 5.41) is 57.9. The Morgan fingerprint density at radius 1 is 0.418 bits per heavy atom. The summed E-state index contributed by atoms with van der Waals surface area (Å²) in [5.74, 6) is 1.51. The number of carbonyl (C=O) groups is 6. The minimum Gasteiger partial charge on any atom is -0.382 e. The molecule has 4 aromatic rings. The smallest absolute Gasteiger partial charge is 0.288 e. The molecule has 4 aromatic heterocycles. The first-order valence-electron chi connectivity index (χ1n) is 48.3. The van der Waals surface area contributed by atoms with Gasteiger partial charge in [-0.1, -0.05) is 225 Å². The Bertz CT molecular complexity index is 4860. The van der Waals surface area contributed by atoms with E-state index in [2.05, 4.69) is 298 Å². The van der Waals surface area contributed by atoms with Crippen LogP contribution in [0, 0.1) is 79.3 Å². The number of aromatic nitrogens is 10. The largest absolute Gasteiger partial charge is 0.382 e. The molecular weight excluding hydrogens is 1790 g/mol. The van der Waals surface area contributed by atoms with Crippen LogP contribution in [-0.2, 0) is 62.3 Å². The molecular formula is C101H184N31O9+7. The van der Waals surface area contributed by atoms with E-state index in [4.69, 9.17) is 42.9 Å². The lowest BCUT2D eigenvalue weighted by molar-refractivity contribution is -0.529. The van der Waals surface area contributed by atoms with Gasteiger partial charge in [0.1, 0.15) is 18.9 Å². The molecule has 0 saturated carbocycles. The fourth-order valence-corrected chi connectivity index (χ4v) is 11.6. The van der Waals surface area contributed by atoms with Crippen molar-refractivity contribution >= 4 is 122 Å². The number of hydrazone groups is 7. The Morgan fingerprint density at radius 2 is 0.773 bits per heavy atom. The zero-order chi connectivity index (χ0) is 108. The molecule has 6 amide bonds. The molecule has 0 fully saturated rings. The normalized spacial score (nSPS) is 18.4. The van der Waals surface area contributed by atoms with E-state index in [9.17, 15) is 28.8 Å². The van der Waals surface area contributed by atoms with Gasteiger partial charge in [-0.3, -0.25) is 42.8 Å². The number of ether oxygens (including phenoxy) is 3. The van der Waals surface area contributed by atoms with Crippen molar-refractivity contribution in [1.82, 2.24) is 60.2 Å². The summed E-state index contributed by atoms with van der Waals surface area (Å²) in [5.41, 5.74) is 28.9. The molecule has 790 valence electrons. The standard InChI is InChI=1S/C12H23N2O2.C11H22N3.3C10H17N3O.C10H19N2O.C9H15N3O.2C8H13N3O.C8H14N2.C5H10N4/c1-12(2,3)11-9-13-14(10-11)5-6-16-8-7-15-4;1-11(2,3)10-8-12-14(9-10)7-6-13(4)5;1-10(2,3)8-5-12-13(6-8)7-9(14)11-4;2*1-10(2,3)8-6-12-13(7-8)5-4-9(11)14;1-10(2,3)9-7-11-12(8-9)5-6-13-4;1-9(2,3)7-4-11-12(5-7)6-8(10)13;1-8(2,3)11-5-6(4-10-11)7(9)12;1-8(2,3)11-5-4-6(10-11)7(9)12;1-8(2,3)7-5-9-10(4)6-7;1-5(2,3)4-6-8-9-7-4/h9-11H,5-8H2,1-4H3;8-10H,6-7H2,1-5H3;5-6,8H,7H2,1-4H3;2*6-8H,4-5H2,1-3H3,(H-,11,14);7-9H,5-6H2,1-4H3;4-5,7H,6H2,1-3H3,(H-,10,13);2*4-5H,1-3H3,(H2,9,12);5-6H,1-4H3;1-3H3,(H,6,7,8,9)/q2*+1;;;;+1;;;;;/p+4. The van der Waals surface area contributed by atoms with E-state index in [1.807, 2.05) is 152 Å². The number of nitrogens with zero attached hydrogens (tertiary/aromatic N) is 24. The second kappa shape index (κ2) is 57.7. The molecule has 141 heavy (non-hydrogen) atoms. The van der Waals surface area contributed by atoms with Crippen LogP contribution in [0.5, 0.6) is 0 Å². The molecule has 11 rings (SSSR count). The minimum atomic E-state index is -0.488. The van der Waals surface area contributed by atoms with Gasteiger partial charge >= 0.3 is 0 Å². The Kier molecular flexibility index (Phi) is 52.3. The molecule has 0 bridgehead atoms. The maximum atomic E-state index is 11.1. The monoisotopic (exact) mass is 1980 g/mol. The molecule has 0 saturated heterocycles. The Hall–Kier alpha value is -11.3. The van der Waals surface area contributed by atoms with Gasteiger partial charge in [-0.2, -0.15) is 20.5 Å². The van der Waals surface area contributed by atoms with Gasteiger partial charge in [0.25, 0.3) is 36.7 Å². The highest BCUT2D eigenvalue weighted by Gasteiger charge is 2.37. The third-order valence-corrected chi connectivity index (χ3v) is 21.9. The van der Waals surface area contributed by atoms with Crippen LogP contribution in [0.1, 0.15) is 274 Å². The van der Waals surface area contributed by atoms with Crippen molar-refractivity contribution in [2.75, 3.05) is 114 Å². The van der Waals surface area contributed by atoms with E-state index in [0.717, 1.165) is 38.6 Å². The Morgan fingerprint density at radius 3 is 1.01 bits per heavy atom. The first-order valence-corrected chi connectivity index (χ1v) is 48.3. The summed E-state index contributed by atoms with van der Waals surface area (Å²) in [7, 11) is 11.1. The molecule has 7 atom stereocenters. The van der Waals surface area contributed by atoms with E-state index in [0.29, 0.717) is 99.1 Å². The fourth-order valence-electron chi connectivity index (χ4n) is 11.6. The minimum absolute atomic E-state index is 0.00694. The average Bonchev–Trinajstić information content (AvgIpc) is 1.73. The molecule has 0 radical (unpaired) electrons. The van der Waals surface area contributed by atoms with E-state index >= 15 is 0 Å². The SMILES string of the molecule is CC(C)(C)C1C=N[N+](CC(N)=O)=C1.CC(C)(C)C1C=N[N+](CCC(N)=O)=C1.CC(C)(C)C1C=N[N+](CCC(N)=O)=C1.CC(C)(C)c1nn[nH]n1.CC(C)(C)n1cc(C(N)=O)cn1.CC(C)(C)n1ccc(C(N)=O)n1.CN(C)CC[N+]1=CC(C(C)(C)C)C=N1.CNC(=O)C[N+]1=CC(C(C)(C)C)C=N1.COCCOCC[N+]1=CC(C(C)(C)C)C=N1.COCC[N+]1=CC(C(C)(C)C)C=N1.Cn1cc(C(C)(C)C)cn1. The van der Waals surface area contributed by atoms with Crippen molar-refractivity contribution in [1.29, 1.82) is 0 Å². The van der Waals surface area contributed by atoms with Crippen LogP contribution in [0.2, 0.25) is 0 Å². The number of methoxy groups -OCH3 is 2. The number of aryl methyl sites for hydroxylation is 1. The lowest BCUT2D eigenvalue weighted by Crippen LogP contribution is -2.28. The Labute approximate surface area is 842 Å². The quantitative estimate of drug-likeness (QED) is 0.0253. The number of carbonyl (C=O) groups excluding carboxylic acids is 6. The van der Waals surface area contributed by atoms with Crippen molar-refractivity contribution in [2.24, 2.45) is 151 Å². The Balaban J connectivity index is 0.000000777. The van der Waals surface area contributed by atoms with Crippen molar-refractivity contribution in [3.05, 3.63) is 59.7 Å². The first kappa shape index (κ1) is 128. The fraction of sp³-hybridized carbons (Fsp3) is 0.703. The number of rotatable bonds is 24. The predicted octanol–water partition coefficient (Wildman–Crippen LogP) is 9.66. The lowest BCUT2D eigenvalue weighted by Gasteiger charge is -2.18. The molecule has 7 unspecified atom stereocenters. The van der Waals surface area contributed by atoms with Gasteiger partial charge in [-0.05, 0) is 146 Å². The number of hydrogen-bond acceptors (Lipinski definition) is 23. The molecule has 0 aliphatic carbocycles. The van der Waals surface area contributed by atoms with Crippen LogP contribution in [0.15, 0.2) is 72.8 Å². The highest BCUT2D eigenvalue weighted by Crippen LogP contribution is 2.31. The molecule has 7 aliphatic heterocycles. The summed E-state index contributed by atoms with van der Waals surface area (Å²) >= 11 is 0. The number of likely N-dealkylation sites (N-methyl/N-ethyl adjacent to an activating group) is 2. The number of amides is 6. The van der Waals surface area contributed by atoms with Crippen LogP contribution >= 0.6 is 0 Å². The summed E-state index contributed by atoms with van der Waals surface area (Å²) in [4.78, 5) is 66.4. The van der Waals surface area contributed by atoms with Crippen molar-refractivity contribution in [3.8, 4) is 0 Å². The molecule has 12 N–H and O–H groups in total. The van der Waals surface area contributed by atoms with Gasteiger partial charge < -0.3 is 53.1 Å². The molecule has 40 nitrogen and oxygen atoms in total. The highest BCUT2D eigenvalue weighted by molar-refractivity contribution is 5.93. The third-order valence-electron chi connectivity index (χ3n) is 21.9. The number of primary amides is 5. The van der Waals surface area contributed by atoms with E-state index < -0.39 is 11.8 Å². The number of tetrazole rings is 1. The van der Waals surface area contributed by atoms with Crippen molar-refractivity contribution in [3.63, 3.8) is 0 Å². The highest BCUT2D eigenvalue weighted by atomic mass is 16.5. The maximum Gasteiger partial charge on any atom is 0.288 e. The van der Waals surface area contributed by atoms with Gasteiger partial charge in [0.15, 0.2) is 82.1 Å². The van der Waals surface area contributed by atoms with Crippen LogP contribution in [0.4, 0.5) is 0 Å². The van der Waals surface area contributed by atoms with Crippen LogP contribution in [0.25, 0.3) is 0 Å². The summed E-state index contributed by atoms with van der Waals surface area (Å²) in [6.45, 7) is 78.7. The summed E-state index contributed by atoms with van der Waals surface area (Å²) < 4.78 is 33.4. The van der Waals surface area contributed by atoms with E-state index in [1.54, 1.807) is 67.8 Å². The summed E-state index contributed by atoms with van der Waals surface area (Å²) in [6.07, 6.45) is 37.8. The van der Waals surface area contributed by atoms with Crippen molar-refractivity contribution < 1.29 is 75.8 Å². The summed E-state index contributed by atoms with van der Waals surface area (Å²) in [6, 6.07) is 1.62. The van der Waals surface area contributed by atoms with Crippen molar-refractivity contribution in [2.45, 2.75) is 263 Å². The van der Waals surface area contributed by atoms with Crippen LogP contribution < -0.4 is 34.0 Å². The second-order valence-electron chi connectivity index (χ2n) is 47.1. The van der Waals surface area contributed by atoms with Gasteiger partial charge in [0, 0.05) is 52.3 Å². The predicted molar refractivity (Wildman–Crippen MR) is 569 cm³/mol. The topological polar surface area (TPSA) is 491 Å². The maximum absolute atomic E-state index is 11.1. The lowest BCUT2D eigenvalue weighted by atomic mass is 9.83. The van der Waals surface area contributed by atoms with Gasteiger partial charge in [0.05, 0.1) is 147 Å². The number of aromatic amines is 1. The van der Waals surface area contributed by atoms with Gasteiger partial charge in [-0.15, -0.1) is 10.2 Å². The first-order chi connectivity index (χ1) is 64.5. The van der Waals surface area contributed by atoms with E-state index in [-0.39, 0.29) is 95.9 Å². The average molecular weight is 1980 g/mol. The molecule has 40 heteroatoms. The van der Waals surface area contributed by atoms with Gasteiger partial charge in [-0.25, -0.2) is 0 Å². The molecule has 11 heterocycles. The third kappa shape index (κ3) is 54.0. The molecule has 0 spiro atoms. The van der Waals surface area contributed by atoms with E-state index in [1.165, 1.54) is 11.8 Å². The molecule has 7 aliphatic rings. The number of nitrogens with two attached hydrogens (primary N) is 5. The molecule has 0 aromatic carbocycles. The van der Waals surface area contributed by atoms with Crippen LogP contribution in [0.3, 0.4) is 0 Å². The second-order valence-corrected chi connectivity index (χ2v) is 47.1.